The van der Waals surface area contributed by atoms with E-state index in [1.165, 1.54) is 11.9 Å². The molecule has 1 aliphatic heterocycles. The van der Waals surface area contributed by atoms with Gasteiger partial charge in [0.2, 0.25) is 11.6 Å². The van der Waals surface area contributed by atoms with Crippen LogP contribution in [0.1, 0.15) is 5.56 Å². The van der Waals surface area contributed by atoms with E-state index in [1.807, 2.05) is 23.1 Å². The van der Waals surface area contributed by atoms with Gasteiger partial charge in [-0.2, -0.15) is 0 Å². The minimum atomic E-state index is -0.466. The van der Waals surface area contributed by atoms with Gasteiger partial charge in [0.05, 0.1) is 20.7 Å². The smallest absolute Gasteiger partial charge is 0.348 e. The van der Waals surface area contributed by atoms with E-state index in [2.05, 4.69) is 32.3 Å². The number of aromatic nitrogens is 2. The highest BCUT2D eigenvalue weighted by Gasteiger charge is 2.29. The Hall–Kier alpha value is -2.94. The molecule has 0 amide bonds. The lowest BCUT2D eigenvalue weighted by Crippen LogP contribution is -2.46. The Morgan fingerprint density at radius 2 is 1.74 bits per heavy atom. The van der Waals surface area contributed by atoms with Gasteiger partial charge in [-0.3, -0.25) is 15.0 Å². The quantitative estimate of drug-likeness (QED) is 0.420. The molecule has 8 nitrogen and oxygen atoms in total. The molecule has 0 spiro atoms. The summed E-state index contributed by atoms with van der Waals surface area (Å²) in [6.45, 7) is 3.66. The van der Waals surface area contributed by atoms with Crippen LogP contribution in [0.15, 0.2) is 54.9 Å². The second-order valence-corrected chi connectivity index (χ2v) is 7.91. The van der Waals surface area contributed by atoms with Gasteiger partial charge in [-0.15, -0.1) is 0 Å². The van der Waals surface area contributed by atoms with Crippen LogP contribution in [-0.2, 0) is 6.54 Å². The maximum Gasteiger partial charge on any atom is 0.353 e. The molecule has 2 heterocycles. The first-order valence-corrected chi connectivity index (χ1v) is 10.5. The minimum absolute atomic E-state index is 0.0749. The number of piperazine rings is 1. The van der Waals surface area contributed by atoms with Crippen molar-refractivity contribution in [2.75, 3.05) is 36.4 Å². The predicted molar refractivity (Wildman–Crippen MR) is 122 cm³/mol. The van der Waals surface area contributed by atoms with E-state index >= 15 is 0 Å². The fourth-order valence-corrected chi connectivity index (χ4v) is 3.90. The molecule has 0 unspecified atom stereocenters. The van der Waals surface area contributed by atoms with Crippen LogP contribution in [0.3, 0.4) is 0 Å². The molecule has 160 valence electrons. The first-order valence-electron chi connectivity index (χ1n) is 9.74. The number of rotatable bonds is 6. The maximum absolute atomic E-state index is 11.9. The molecule has 10 heteroatoms. The van der Waals surface area contributed by atoms with Gasteiger partial charge in [-0.05, 0) is 17.7 Å². The number of halogens is 2. The molecule has 31 heavy (non-hydrogen) atoms. The first kappa shape index (κ1) is 21.3. The molecule has 0 bridgehead atoms. The van der Waals surface area contributed by atoms with Crippen molar-refractivity contribution < 1.29 is 4.92 Å². The van der Waals surface area contributed by atoms with Gasteiger partial charge in [0, 0.05) is 32.7 Å². The molecule has 1 fully saturated rings. The highest BCUT2D eigenvalue weighted by molar-refractivity contribution is 6.43. The lowest BCUT2D eigenvalue weighted by Gasteiger charge is -2.35. The summed E-state index contributed by atoms with van der Waals surface area (Å²) in [7, 11) is 0. The molecule has 0 saturated carbocycles. The van der Waals surface area contributed by atoms with E-state index in [1.54, 1.807) is 18.2 Å². The number of hydrogen-bond acceptors (Lipinski definition) is 7. The summed E-state index contributed by atoms with van der Waals surface area (Å²) in [6, 6.07) is 15.3. The van der Waals surface area contributed by atoms with Gasteiger partial charge in [-0.1, -0.05) is 59.6 Å². The van der Waals surface area contributed by atoms with Crippen LogP contribution < -0.4 is 10.2 Å². The molecular weight excluding hydrogens is 439 g/mol. The number of nitrogens with one attached hydrogen (secondary N) is 1. The van der Waals surface area contributed by atoms with Gasteiger partial charge < -0.3 is 10.2 Å². The van der Waals surface area contributed by atoms with Crippen molar-refractivity contribution in [3.63, 3.8) is 0 Å². The molecule has 0 radical (unpaired) electrons. The van der Waals surface area contributed by atoms with E-state index in [0.29, 0.717) is 29.6 Å². The Morgan fingerprint density at radius 1 is 1.00 bits per heavy atom. The normalized spacial score (nSPS) is 14.5. The lowest BCUT2D eigenvalue weighted by atomic mass is 10.2. The first-order chi connectivity index (χ1) is 15.0. The summed E-state index contributed by atoms with van der Waals surface area (Å²) < 4.78 is 0. The molecular formula is C21H20Cl2N6O2. The number of anilines is 3. The number of hydrogen-bond donors (Lipinski definition) is 1. The third-order valence-corrected chi connectivity index (χ3v) is 5.93. The van der Waals surface area contributed by atoms with Crippen molar-refractivity contribution in [1.29, 1.82) is 0 Å². The van der Waals surface area contributed by atoms with E-state index in [-0.39, 0.29) is 16.5 Å². The summed E-state index contributed by atoms with van der Waals surface area (Å²) in [6.07, 6.45) is 1.32. The lowest BCUT2D eigenvalue weighted by molar-refractivity contribution is -0.383. The number of benzene rings is 2. The fraction of sp³-hybridized carbons (Fsp3) is 0.238. The van der Waals surface area contributed by atoms with Crippen LogP contribution in [0.5, 0.6) is 0 Å². The molecule has 0 atom stereocenters. The Kier molecular flexibility index (Phi) is 6.50. The van der Waals surface area contributed by atoms with Crippen LogP contribution in [0.2, 0.25) is 10.0 Å². The van der Waals surface area contributed by atoms with Gasteiger partial charge in [-0.25, -0.2) is 9.97 Å². The zero-order chi connectivity index (χ0) is 21.8. The molecule has 4 rings (SSSR count). The average molecular weight is 459 g/mol. The third-order valence-electron chi connectivity index (χ3n) is 5.11. The molecule has 2 aromatic carbocycles. The zero-order valence-electron chi connectivity index (χ0n) is 16.5. The highest BCUT2D eigenvalue weighted by atomic mass is 35.5. The summed E-state index contributed by atoms with van der Waals surface area (Å²) in [5.41, 5.74) is 1.50. The van der Waals surface area contributed by atoms with Crippen LogP contribution in [0.4, 0.5) is 23.0 Å². The van der Waals surface area contributed by atoms with Crippen molar-refractivity contribution in [3.8, 4) is 0 Å². The molecule has 1 N–H and O–H groups in total. The molecule has 1 aliphatic rings. The zero-order valence-corrected chi connectivity index (χ0v) is 18.1. The van der Waals surface area contributed by atoms with Crippen molar-refractivity contribution in [1.82, 2.24) is 14.9 Å². The average Bonchev–Trinajstić information content (AvgIpc) is 2.78. The SMILES string of the molecule is O=[N+]([O-])c1c(Nc2cccc(Cl)c2Cl)ncnc1N1CCN(Cc2ccccc2)CC1. The molecule has 3 aromatic rings. The summed E-state index contributed by atoms with van der Waals surface area (Å²) in [5.74, 6) is 0.367. The number of nitro groups is 1. The summed E-state index contributed by atoms with van der Waals surface area (Å²) in [5, 5.41) is 15.5. The molecule has 1 saturated heterocycles. The van der Waals surface area contributed by atoms with Crippen LogP contribution in [0, 0.1) is 10.1 Å². The van der Waals surface area contributed by atoms with Crippen molar-refractivity contribution >= 4 is 46.2 Å². The van der Waals surface area contributed by atoms with Crippen LogP contribution in [-0.4, -0.2) is 46.0 Å². The van der Waals surface area contributed by atoms with Gasteiger partial charge >= 0.3 is 5.69 Å². The van der Waals surface area contributed by atoms with E-state index in [9.17, 15) is 10.1 Å². The standard InChI is InChI=1S/C21H20Cl2N6O2/c22-16-7-4-8-17(18(16)23)26-20-19(29(30)31)21(25-14-24-20)28-11-9-27(10-12-28)13-15-5-2-1-3-6-15/h1-8,14H,9-13H2,(H,24,25,26). The van der Waals surface area contributed by atoms with E-state index < -0.39 is 4.92 Å². The van der Waals surface area contributed by atoms with Gasteiger partial charge in [0.25, 0.3) is 0 Å². The second kappa shape index (κ2) is 9.47. The second-order valence-electron chi connectivity index (χ2n) is 7.13. The Bertz CT molecular complexity index is 1070. The van der Waals surface area contributed by atoms with Crippen LogP contribution >= 0.6 is 23.2 Å². The third kappa shape index (κ3) is 4.87. The Balaban J connectivity index is 1.53. The largest absolute Gasteiger partial charge is 0.353 e. The Labute approximate surface area is 189 Å². The van der Waals surface area contributed by atoms with E-state index in [0.717, 1.165) is 19.6 Å². The summed E-state index contributed by atoms with van der Waals surface area (Å²) in [4.78, 5) is 24.0. The monoisotopic (exact) mass is 458 g/mol. The number of nitrogens with zero attached hydrogens (tertiary/aromatic N) is 5. The predicted octanol–water partition coefficient (Wildman–Crippen LogP) is 4.76. The molecule has 0 aliphatic carbocycles. The van der Waals surface area contributed by atoms with Gasteiger partial charge in [0.15, 0.2) is 0 Å². The Morgan fingerprint density at radius 3 is 2.45 bits per heavy atom. The highest BCUT2D eigenvalue weighted by Crippen LogP contribution is 2.37. The van der Waals surface area contributed by atoms with Gasteiger partial charge in [0.1, 0.15) is 6.33 Å². The minimum Gasteiger partial charge on any atom is -0.348 e. The van der Waals surface area contributed by atoms with Crippen molar-refractivity contribution in [3.05, 3.63) is 80.6 Å². The maximum atomic E-state index is 11.9. The van der Waals surface area contributed by atoms with Crippen LogP contribution in [0.25, 0.3) is 0 Å². The topological polar surface area (TPSA) is 87.4 Å². The molecule has 1 aromatic heterocycles. The summed E-state index contributed by atoms with van der Waals surface area (Å²) >= 11 is 12.3. The van der Waals surface area contributed by atoms with E-state index in [4.69, 9.17) is 23.2 Å². The fourth-order valence-electron chi connectivity index (χ4n) is 3.55. The van der Waals surface area contributed by atoms with Crippen molar-refractivity contribution in [2.24, 2.45) is 0 Å². The van der Waals surface area contributed by atoms with Crippen molar-refractivity contribution in [2.45, 2.75) is 6.54 Å².